The third kappa shape index (κ3) is 9.73. The van der Waals surface area contributed by atoms with Crippen molar-refractivity contribution >= 4 is 56.6 Å². The zero-order valence-corrected chi connectivity index (χ0v) is 20.1. The molecule has 0 fully saturated rings. The number of carbonyl (C=O) groups is 1. The van der Waals surface area contributed by atoms with E-state index in [4.69, 9.17) is 23.8 Å². The molecule has 30 heavy (non-hydrogen) atoms. The van der Waals surface area contributed by atoms with E-state index in [0.717, 1.165) is 54.3 Å². The van der Waals surface area contributed by atoms with Crippen molar-refractivity contribution in [3.63, 3.8) is 0 Å². The monoisotopic (exact) mass is 511 g/mol. The van der Waals surface area contributed by atoms with Crippen LogP contribution in [0.4, 0.5) is 5.82 Å². The van der Waals surface area contributed by atoms with Crippen LogP contribution in [0.2, 0.25) is 5.02 Å². The maximum absolute atomic E-state index is 10.8. The van der Waals surface area contributed by atoms with Crippen molar-refractivity contribution < 1.29 is 4.79 Å². The van der Waals surface area contributed by atoms with E-state index in [2.05, 4.69) is 41.8 Å². The Kier molecular flexibility index (Phi) is 10.9. The summed E-state index contributed by atoms with van der Waals surface area (Å²) in [6.07, 6.45) is 3.53. The molecule has 0 aliphatic carbocycles. The summed E-state index contributed by atoms with van der Waals surface area (Å²) in [6, 6.07) is 11.9. The lowest BCUT2D eigenvalue weighted by Crippen LogP contribution is -2.38. The highest BCUT2D eigenvalue weighted by Crippen LogP contribution is 2.18. The Morgan fingerprint density at radius 2 is 1.73 bits per heavy atom. The van der Waals surface area contributed by atoms with Crippen LogP contribution in [0.5, 0.6) is 0 Å². The number of aromatic nitrogens is 1. The molecule has 162 valence electrons. The summed E-state index contributed by atoms with van der Waals surface area (Å²) in [6.45, 7) is 5.21. The second-order valence-corrected chi connectivity index (χ2v) is 8.52. The first kappa shape index (κ1) is 24.4. The van der Waals surface area contributed by atoms with Gasteiger partial charge in [0.25, 0.3) is 0 Å². The van der Waals surface area contributed by atoms with Crippen LogP contribution in [0.15, 0.2) is 47.1 Å². The quantitative estimate of drug-likeness (QED) is 0.314. The molecule has 0 aliphatic rings. The van der Waals surface area contributed by atoms with Gasteiger partial charge < -0.3 is 20.9 Å². The van der Waals surface area contributed by atoms with Crippen molar-refractivity contribution in [1.82, 2.24) is 20.9 Å². The molecular formula is C21H27BrClN5OS. The van der Waals surface area contributed by atoms with Crippen molar-refractivity contribution in [2.75, 3.05) is 31.1 Å². The molecule has 2 aromatic rings. The third-order valence-electron chi connectivity index (χ3n) is 4.23. The SMILES string of the molecule is CC(=O)NCCCNC(=S)NCCCN(Cc1ccc(Cl)cc1)c1ccc(Br)cn1. The van der Waals surface area contributed by atoms with Crippen molar-refractivity contribution in [2.24, 2.45) is 0 Å². The average Bonchev–Trinajstić information content (AvgIpc) is 2.72. The summed E-state index contributed by atoms with van der Waals surface area (Å²) in [5, 5.41) is 10.5. The molecule has 6 nitrogen and oxygen atoms in total. The van der Waals surface area contributed by atoms with Crippen LogP contribution in [0.3, 0.4) is 0 Å². The molecule has 1 amide bonds. The first-order chi connectivity index (χ1) is 14.4. The number of anilines is 1. The van der Waals surface area contributed by atoms with E-state index >= 15 is 0 Å². The van der Waals surface area contributed by atoms with Gasteiger partial charge in [0.2, 0.25) is 5.91 Å². The Morgan fingerprint density at radius 1 is 1.07 bits per heavy atom. The minimum Gasteiger partial charge on any atom is -0.363 e. The van der Waals surface area contributed by atoms with Gasteiger partial charge >= 0.3 is 0 Å². The summed E-state index contributed by atoms with van der Waals surface area (Å²) in [7, 11) is 0. The molecule has 0 bridgehead atoms. The smallest absolute Gasteiger partial charge is 0.216 e. The van der Waals surface area contributed by atoms with Crippen molar-refractivity contribution in [2.45, 2.75) is 26.3 Å². The number of carbonyl (C=O) groups excluding carboxylic acids is 1. The zero-order chi connectivity index (χ0) is 21.8. The van der Waals surface area contributed by atoms with E-state index in [-0.39, 0.29) is 5.91 Å². The average molecular weight is 513 g/mol. The summed E-state index contributed by atoms with van der Waals surface area (Å²) in [4.78, 5) is 17.6. The van der Waals surface area contributed by atoms with Gasteiger partial charge in [-0.3, -0.25) is 4.79 Å². The number of pyridine rings is 1. The summed E-state index contributed by atoms with van der Waals surface area (Å²) >= 11 is 14.8. The lowest BCUT2D eigenvalue weighted by Gasteiger charge is -2.24. The van der Waals surface area contributed by atoms with Gasteiger partial charge in [0.15, 0.2) is 5.11 Å². The van der Waals surface area contributed by atoms with Crippen LogP contribution in [-0.4, -0.2) is 42.2 Å². The molecule has 0 saturated heterocycles. The van der Waals surface area contributed by atoms with Gasteiger partial charge in [-0.1, -0.05) is 23.7 Å². The van der Waals surface area contributed by atoms with Crippen LogP contribution >= 0.6 is 39.7 Å². The molecule has 0 saturated carbocycles. The lowest BCUT2D eigenvalue weighted by molar-refractivity contribution is -0.118. The molecule has 2 rings (SSSR count). The van der Waals surface area contributed by atoms with Crippen LogP contribution in [0.25, 0.3) is 0 Å². The number of amides is 1. The number of rotatable bonds is 11. The van der Waals surface area contributed by atoms with Gasteiger partial charge in [-0.2, -0.15) is 0 Å². The fraction of sp³-hybridized carbons (Fsp3) is 0.381. The molecule has 0 aliphatic heterocycles. The van der Waals surface area contributed by atoms with Crippen LogP contribution in [-0.2, 0) is 11.3 Å². The molecule has 9 heteroatoms. The highest BCUT2D eigenvalue weighted by molar-refractivity contribution is 9.10. The number of benzene rings is 1. The van der Waals surface area contributed by atoms with Crippen molar-refractivity contribution in [3.8, 4) is 0 Å². The Balaban J connectivity index is 1.78. The Bertz CT molecular complexity index is 804. The molecule has 3 N–H and O–H groups in total. The van der Waals surface area contributed by atoms with Crippen molar-refractivity contribution in [3.05, 3.63) is 57.7 Å². The van der Waals surface area contributed by atoms with E-state index in [9.17, 15) is 4.79 Å². The zero-order valence-electron chi connectivity index (χ0n) is 17.0. The van der Waals surface area contributed by atoms with Gasteiger partial charge in [0.1, 0.15) is 5.82 Å². The molecule has 1 aromatic heterocycles. The fourth-order valence-electron chi connectivity index (χ4n) is 2.73. The number of halogens is 2. The molecule has 0 atom stereocenters. The Morgan fingerprint density at radius 3 is 2.37 bits per heavy atom. The molecule has 1 heterocycles. The first-order valence-electron chi connectivity index (χ1n) is 9.81. The van der Waals surface area contributed by atoms with E-state index in [1.807, 2.05) is 42.6 Å². The first-order valence-corrected chi connectivity index (χ1v) is 11.4. The molecule has 0 radical (unpaired) electrons. The third-order valence-corrected chi connectivity index (χ3v) is 5.24. The molecule has 0 spiro atoms. The summed E-state index contributed by atoms with van der Waals surface area (Å²) in [5.41, 5.74) is 1.17. The van der Waals surface area contributed by atoms with Gasteiger partial charge in [0, 0.05) is 55.3 Å². The number of hydrogen-bond donors (Lipinski definition) is 3. The standard InChI is InChI=1S/C21H27BrClN5OS/c1-16(29)24-10-2-11-25-21(30)26-12-3-13-28(20-9-6-18(22)14-27-20)15-17-4-7-19(23)8-5-17/h4-9,14H,2-3,10-13,15H2,1H3,(H,24,29)(H2,25,26,30). The van der Waals surface area contributed by atoms with E-state index in [1.165, 1.54) is 12.5 Å². The van der Waals surface area contributed by atoms with E-state index in [0.29, 0.717) is 11.7 Å². The summed E-state index contributed by atoms with van der Waals surface area (Å²) in [5.74, 6) is 0.908. The van der Waals surface area contributed by atoms with Crippen molar-refractivity contribution in [1.29, 1.82) is 0 Å². The largest absolute Gasteiger partial charge is 0.363 e. The second kappa shape index (κ2) is 13.4. The molecule has 0 unspecified atom stereocenters. The Labute approximate surface area is 196 Å². The van der Waals surface area contributed by atoms with Crippen LogP contribution in [0, 0.1) is 0 Å². The second-order valence-electron chi connectivity index (χ2n) is 6.76. The predicted octanol–water partition coefficient (Wildman–Crippen LogP) is 3.88. The normalized spacial score (nSPS) is 10.4. The van der Waals surface area contributed by atoms with E-state index < -0.39 is 0 Å². The van der Waals surface area contributed by atoms with Gasteiger partial charge in [0.05, 0.1) is 0 Å². The van der Waals surface area contributed by atoms with E-state index in [1.54, 1.807) is 0 Å². The van der Waals surface area contributed by atoms with Gasteiger partial charge in [-0.25, -0.2) is 4.98 Å². The fourth-order valence-corrected chi connectivity index (χ4v) is 3.29. The number of thiocarbonyl (C=S) groups is 1. The van der Waals surface area contributed by atoms with Crippen LogP contribution < -0.4 is 20.9 Å². The van der Waals surface area contributed by atoms with Gasteiger partial charge in [-0.05, 0) is 70.8 Å². The maximum atomic E-state index is 10.8. The number of nitrogens with one attached hydrogen (secondary N) is 3. The Hall–Kier alpha value is -1.90. The number of nitrogens with zero attached hydrogens (tertiary/aromatic N) is 2. The molecular weight excluding hydrogens is 486 g/mol. The maximum Gasteiger partial charge on any atom is 0.216 e. The van der Waals surface area contributed by atoms with Crippen LogP contribution in [0.1, 0.15) is 25.3 Å². The summed E-state index contributed by atoms with van der Waals surface area (Å²) < 4.78 is 0.953. The number of hydrogen-bond acceptors (Lipinski definition) is 4. The minimum atomic E-state index is -0.0147. The highest BCUT2D eigenvalue weighted by atomic mass is 79.9. The topological polar surface area (TPSA) is 69.3 Å². The predicted molar refractivity (Wildman–Crippen MR) is 131 cm³/mol. The minimum absolute atomic E-state index is 0.0147. The molecule has 1 aromatic carbocycles. The highest BCUT2D eigenvalue weighted by Gasteiger charge is 2.09. The lowest BCUT2D eigenvalue weighted by atomic mass is 10.2. The van der Waals surface area contributed by atoms with Gasteiger partial charge in [-0.15, -0.1) is 0 Å².